The number of ether oxygens (including phenoxy) is 1. The van der Waals surface area contributed by atoms with E-state index in [4.69, 9.17) is 0 Å². The van der Waals surface area contributed by atoms with Crippen molar-refractivity contribution in [3.8, 4) is 0 Å². The molecule has 6 heteroatoms. The van der Waals surface area contributed by atoms with E-state index in [1.54, 1.807) is 36.7 Å². The summed E-state index contributed by atoms with van der Waals surface area (Å²) in [5, 5.41) is 5.72. The van der Waals surface area contributed by atoms with Gasteiger partial charge < -0.3 is 15.4 Å². The van der Waals surface area contributed by atoms with Crippen LogP contribution in [0.25, 0.3) is 0 Å². The summed E-state index contributed by atoms with van der Waals surface area (Å²) in [5.74, 6) is -0.414. The van der Waals surface area contributed by atoms with Crippen LogP contribution < -0.4 is 10.6 Å². The predicted molar refractivity (Wildman–Crippen MR) is 96.5 cm³/mol. The maximum atomic E-state index is 12.3. The molecule has 0 spiro atoms. The van der Waals surface area contributed by atoms with Gasteiger partial charge in [-0.1, -0.05) is 6.08 Å². The number of aryl methyl sites for hydroxylation is 1. The molecule has 6 nitrogen and oxygen atoms in total. The highest BCUT2D eigenvalue weighted by Crippen LogP contribution is 2.19. The van der Waals surface area contributed by atoms with Crippen molar-refractivity contribution < 1.29 is 14.3 Å². The molecule has 2 rings (SSSR count). The van der Waals surface area contributed by atoms with Crippen LogP contribution in [-0.4, -0.2) is 24.1 Å². The summed E-state index contributed by atoms with van der Waals surface area (Å²) >= 11 is 0. The Balaban J connectivity index is 2.08. The average molecular weight is 339 g/mol. The molecule has 1 heterocycles. The number of hydrogen-bond acceptors (Lipinski definition) is 4. The molecule has 2 amide bonds. The minimum absolute atomic E-state index is 0.199. The second kappa shape index (κ2) is 8.63. The zero-order valence-corrected chi connectivity index (χ0v) is 14.3. The molecule has 130 valence electrons. The van der Waals surface area contributed by atoms with E-state index in [2.05, 4.69) is 26.9 Å². The van der Waals surface area contributed by atoms with E-state index in [0.29, 0.717) is 17.7 Å². The average Bonchev–Trinajstić information content (AvgIpc) is 2.63. The quantitative estimate of drug-likeness (QED) is 0.622. The van der Waals surface area contributed by atoms with Gasteiger partial charge in [0.15, 0.2) is 0 Å². The highest BCUT2D eigenvalue weighted by molar-refractivity contribution is 5.93. The van der Waals surface area contributed by atoms with Gasteiger partial charge in [0.05, 0.1) is 18.7 Å². The van der Waals surface area contributed by atoms with Crippen LogP contribution in [0.15, 0.2) is 55.4 Å². The van der Waals surface area contributed by atoms with E-state index in [1.807, 2.05) is 19.1 Å². The zero-order chi connectivity index (χ0) is 18.2. The first-order valence-corrected chi connectivity index (χ1v) is 7.82. The number of nitrogens with zero attached hydrogens (tertiary/aromatic N) is 1. The molecule has 0 aliphatic rings. The Morgan fingerprint density at radius 2 is 2.00 bits per heavy atom. The van der Waals surface area contributed by atoms with Crippen molar-refractivity contribution in [2.24, 2.45) is 0 Å². The Morgan fingerprint density at radius 1 is 1.28 bits per heavy atom. The summed E-state index contributed by atoms with van der Waals surface area (Å²) in [4.78, 5) is 27.9. The zero-order valence-electron chi connectivity index (χ0n) is 14.3. The summed E-state index contributed by atoms with van der Waals surface area (Å²) in [6.07, 6.45) is 5.71. The van der Waals surface area contributed by atoms with Gasteiger partial charge in [-0.15, -0.1) is 6.58 Å². The fourth-order valence-electron chi connectivity index (χ4n) is 2.41. The molecule has 0 saturated carbocycles. The fourth-order valence-corrected chi connectivity index (χ4v) is 2.41. The number of amides is 2. The van der Waals surface area contributed by atoms with Gasteiger partial charge in [-0.3, -0.25) is 4.98 Å². The van der Waals surface area contributed by atoms with Crippen LogP contribution in [-0.2, 0) is 4.74 Å². The third-order valence-corrected chi connectivity index (χ3v) is 3.71. The molecular formula is C19H21N3O3. The maximum Gasteiger partial charge on any atom is 0.337 e. The first-order chi connectivity index (χ1) is 12.0. The van der Waals surface area contributed by atoms with E-state index >= 15 is 0 Å². The van der Waals surface area contributed by atoms with Gasteiger partial charge in [-0.05, 0) is 54.8 Å². The lowest BCUT2D eigenvalue weighted by Gasteiger charge is -2.18. The standard InChI is InChI=1S/C19H21N3O3/c1-4-5-17(14-8-10-20-11-9-14)22-19(24)21-16-7-6-15(12-13(16)2)18(23)25-3/h4,6-12,17H,1,5H2,2-3H3,(H2,21,22,24)/t17-/m1/s1. The minimum atomic E-state index is -0.414. The highest BCUT2D eigenvalue weighted by atomic mass is 16.5. The monoisotopic (exact) mass is 339 g/mol. The Labute approximate surface area is 146 Å². The summed E-state index contributed by atoms with van der Waals surface area (Å²) in [6, 6.07) is 8.13. The Kier molecular flexibility index (Phi) is 6.28. The van der Waals surface area contributed by atoms with Crippen LogP contribution in [0.1, 0.15) is 33.9 Å². The van der Waals surface area contributed by atoms with Gasteiger partial charge in [0.25, 0.3) is 0 Å². The van der Waals surface area contributed by atoms with Crippen molar-refractivity contribution in [1.29, 1.82) is 0 Å². The summed E-state index contributed by atoms with van der Waals surface area (Å²) in [7, 11) is 1.33. The third kappa shape index (κ3) is 4.91. The molecule has 0 bridgehead atoms. The number of carbonyl (C=O) groups is 2. The molecule has 0 fully saturated rings. The van der Waals surface area contributed by atoms with Crippen molar-refractivity contribution in [3.05, 3.63) is 72.1 Å². The van der Waals surface area contributed by atoms with E-state index in [1.165, 1.54) is 7.11 Å². The lowest BCUT2D eigenvalue weighted by molar-refractivity contribution is 0.0600. The number of pyridine rings is 1. The van der Waals surface area contributed by atoms with Crippen LogP contribution in [0.3, 0.4) is 0 Å². The molecule has 0 radical (unpaired) electrons. The molecule has 0 aliphatic heterocycles. The highest BCUT2D eigenvalue weighted by Gasteiger charge is 2.14. The van der Waals surface area contributed by atoms with Crippen LogP contribution in [0.2, 0.25) is 0 Å². The fraction of sp³-hybridized carbons (Fsp3) is 0.211. The first kappa shape index (κ1) is 18.2. The number of rotatable bonds is 6. The van der Waals surface area contributed by atoms with Crippen molar-refractivity contribution in [3.63, 3.8) is 0 Å². The molecule has 1 atom stereocenters. The van der Waals surface area contributed by atoms with Gasteiger partial charge in [-0.2, -0.15) is 0 Å². The first-order valence-electron chi connectivity index (χ1n) is 7.82. The van der Waals surface area contributed by atoms with Gasteiger partial charge >= 0.3 is 12.0 Å². The van der Waals surface area contributed by atoms with Crippen LogP contribution in [0.5, 0.6) is 0 Å². The van der Waals surface area contributed by atoms with E-state index in [-0.39, 0.29) is 12.1 Å². The molecule has 1 aromatic carbocycles. The maximum absolute atomic E-state index is 12.3. The van der Waals surface area contributed by atoms with E-state index in [9.17, 15) is 9.59 Å². The topological polar surface area (TPSA) is 80.3 Å². The van der Waals surface area contributed by atoms with Gasteiger partial charge in [0, 0.05) is 18.1 Å². The van der Waals surface area contributed by atoms with E-state index < -0.39 is 5.97 Å². The minimum Gasteiger partial charge on any atom is -0.465 e. The molecular weight excluding hydrogens is 318 g/mol. The second-order valence-corrected chi connectivity index (χ2v) is 5.48. The smallest absolute Gasteiger partial charge is 0.337 e. The number of urea groups is 1. The second-order valence-electron chi connectivity index (χ2n) is 5.48. The van der Waals surface area contributed by atoms with Crippen LogP contribution in [0.4, 0.5) is 10.5 Å². The number of nitrogens with one attached hydrogen (secondary N) is 2. The Morgan fingerprint density at radius 3 is 2.60 bits per heavy atom. The molecule has 2 aromatic rings. The number of carbonyl (C=O) groups excluding carboxylic acids is 2. The lowest BCUT2D eigenvalue weighted by Crippen LogP contribution is -2.32. The molecule has 0 aliphatic carbocycles. The molecule has 25 heavy (non-hydrogen) atoms. The number of methoxy groups -OCH3 is 1. The Bertz CT molecular complexity index is 760. The SMILES string of the molecule is C=CC[C@@H](NC(=O)Nc1ccc(C(=O)OC)cc1C)c1ccncc1. The normalized spacial score (nSPS) is 11.3. The molecule has 1 aromatic heterocycles. The number of aromatic nitrogens is 1. The molecule has 2 N–H and O–H groups in total. The number of anilines is 1. The van der Waals surface area contributed by atoms with Crippen molar-refractivity contribution >= 4 is 17.7 Å². The van der Waals surface area contributed by atoms with E-state index in [0.717, 1.165) is 11.1 Å². The van der Waals surface area contributed by atoms with Gasteiger partial charge in [-0.25, -0.2) is 9.59 Å². The Hall–Kier alpha value is -3.15. The summed E-state index contributed by atoms with van der Waals surface area (Å²) in [6.45, 7) is 5.55. The summed E-state index contributed by atoms with van der Waals surface area (Å²) in [5.41, 5.74) is 2.77. The largest absolute Gasteiger partial charge is 0.465 e. The van der Waals surface area contributed by atoms with Gasteiger partial charge in [0.2, 0.25) is 0 Å². The van der Waals surface area contributed by atoms with Gasteiger partial charge in [0.1, 0.15) is 0 Å². The van der Waals surface area contributed by atoms with Crippen LogP contribution in [0, 0.1) is 6.92 Å². The van der Waals surface area contributed by atoms with Crippen LogP contribution >= 0.6 is 0 Å². The van der Waals surface area contributed by atoms with Crippen molar-refractivity contribution in [1.82, 2.24) is 10.3 Å². The molecule has 0 saturated heterocycles. The van der Waals surface area contributed by atoms with Crippen molar-refractivity contribution in [2.75, 3.05) is 12.4 Å². The lowest BCUT2D eigenvalue weighted by atomic mass is 10.1. The number of hydrogen-bond donors (Lipinski definition) is 2. The number of benzene rings is 1. The predicted octanol–water partition coefficient (Wildman–Crippen LogP) is 3.62. The number of esters is 1. The molecule has 0 unspecified atom stereocenters. The van der Waals surface area contributed by atoms with Crippen molar-refractivity contribution in [2.45, 2.75) is 19.4 Å². The summed E-state index contributed by atoms with van der Waals surface area (Å²) < 4.78 is 4.69. The third-order valence-electron chi connectivity index (χ3n) is 3.71.